The van der Waals surface area contributed by atoms with Crippen LogP contribution in [0.4, 0.5) is 10.1 Å². The number of carbonyl (C=O) groups excluding carboxylic acids is 1. The predicted octanol–water partition coefficient (Wildman–Crippen LogP) is 4.12. The Bertz CT molecular complexity index is 1000. The molecule has 0 fully saturated rings. The summed E-state index contributed by atoms with van der Waals surface area (Å²) in [6.07, 6.45) is 0. The van der Waals surface area contributed by atoms with Crippen LogP contribution in [0.1, 0.15) is 22.0 Å². The number of ether oxygens (including phenoxy) is 1. The van der Waals surface area contributed by atoms with Crippen LogP contribution in [-0.4, -0.2) is 15.5 Å². The van der Waals surface area contributed by atoms with E-state index in [4.69, 9.17) is 16.3 Å². The van der Waals surface area contributed by atoms with Crippen molar-refractivity contribution in [3.8, 4) is 11.4 Å². The van der Waals surface area contributed by atoms with E-state index < -0.39 is 0 Å². The number of fused-ring (bicyclic) bond motifs is 3. The molecule has 1 aliphatic heterocycles. The average Bonchev–Trinajstić information content (AvgIpc) is 2.92. The summed E-state index contributed by atoms with van der Waals surface area (Å²) in [6.45, 7) is 1.92. The molecule has 1 aliphatic rings. The third-order valence-electron chi connectivity index (χ3n) is 3.97. The zero-order valence-electron chi connectivity index (χ0n) is 13.2. The SMILES string of the molecule is Cc1nc(C(=O)Nc2cccc(Cl)c2)c2n1-c1ccc(F)cc1OC2. The fourth-order valence-electron chi connectivity index (χ4n) is 2.90. The fraction of sp³-hybridized carbons (Fsp3) is 0.111. The molecule has 4 rings (SSSR count). The maximum absolute atomic E-state index is 13.4. The Morgan fingerprint density at radius 2 is 2.16 bits per heavy atom. The molecule has 0 radical (unpaired) electrons. The van der Waals surface area contributed by atoms with Gasteiger partial charge in [0.1, 0.15) is 24.0 Å². The summed E-state index contributed by atoms with van der Waals surface area (Å²) >= 11 is 5.94. The highest BCUT2D eigenvalue weighted by Crippen LogP contribution is 2.33. The van der Waals surface area contributed by atoms with Crippen LogP contribution in [0.5, 0.6) is 5.75 Å². The number of benzene rings is 2. The van der Waals surface area contributed by atoms with Crippen LogP contribution < -0.4 is 10.1 Å². The van der Waals surface area contributed by atoms with Crippen molar-refractivity contribution in [2.24, 2.45) is 0 Å². The van der Waals surface area contributed by atoms with Gasteiger partial charge in [0.05, 0.1) is 11.4 Å². The highest BCUT2D eigenvalue weighted by atomic mass is 35.5. The van der Waals surface area contributed by atoms with Crippen molar-refractivity contribution < 1.29 is 13.9 Å². The van der Waals surface area contributed by atoms with Crippen LogP contribution in [0.3, 0.4) is 0 Å². The van der Waals surface area contributed by atoms with Gasteiger partial charge < -0.3 is 10.1 Å². The Hall–Kier alpha value is -2.86. The third-order valence-corrected chi connectivity index (χ3v) is 4.20. The number of imidazole rings is 1. The normalized spacial score (nSPS) is 12.1. The van der Waals surface area contributed by atoms with E-state index in [-0.39, 0.29) is 24.0 Å². The van der Waals surface area contributed by atoms with Crippen molar-refractivity contribution in [2.45, 2.75) is 13.5 Å². The summed E-state index contributed by atoms with van der Waals surface area (Å²) in [5.74, 6) is 0.323. The minimum atomic E-state index is -0.376. The van der Waals surface area contributed by atoms with Gasteiger partial charge in [0.25, 0.3) is 5.91 Å². The first kappa shape index (κ1) is 15.7. The minimum Gasteiger partial charge on any atom is -0.485 e. The monoisotopic (exact) mass is 357 g/mol. The Kier molecular flexibility index (Phi) is 3.69. The Morgan fingerprint density at radius 1 is 1.32 bits per heavy atom. The molecular weight excluding hydrogens is 345 g/mol. The standard InChI is InChI=1S/C18H13ClFN3O2/c1-10-21-17(18(24)22-13-4-2-3-11(19)7-13)15-9-25-16-8-12(20)5-6-14(16)23(10)15/h2-8H,9H2,1H3,(H,22,24). The number of anilines is 1. The van der Waals surface area contributed by atoms with E-state index in [1.54, 1.807) is 37.3 Å². The molecule has 5 nitrogen and oxygen atoms in total. The predicted molar refractivity (Wildman–Crippen MR) is 92.0 cm³/mol. The highest BCUT2D eigenvalue weighted by molar-refractivity contribution is 6.30. The molecule has 25 heavy (non-hydrogen) atoms. The van der Waals surface area contributed by atoms with Gasteiger partial charge in [-0.25, -0.2) is 9.37 Å². The Labute approximate surface area is 148 Å². The zero-order valence-corrected chi connectivity index (χ0v) is 14.0. The van der Waals surface area contributed by atoms with Crippen LogP contribution in [-0.2, 0) is 6.61 Å². The summed E-state index contributed by atoms with van der Waals surface area (Å²) in [6, 6.07) is 11.2. The number of amides is 1. The number of nitrogens with one attached hydrogen (secondary N) is 1. The number of aromatic nitrogens is 2. The Morgan fingerprint density at radius 3 is 2.96 bits per heavy atom. The molecule has 0 atom stereocenters. The second-order valence-corrected chi connectivity index (χ2v) is 6.09. The molecule has 1 N–H and O–H groups in total. The van der Waals surface area contributed by atoms with Gasteiger partial charge in [-0.15, -0.1) is 0 Å². The van der Waals surface area contributed by atoms with E-state index in [0.717, 1.165) is 0 Å². The van der Waals surface area contributed by atoms with Gasteiger partial charge in [-0.2, -0.15) is 0 Å². The number of aryl methyl sites for hydroxylation is 1. The second-order valence-electron chi connectivity index (χ2n) is 5.65. The molecule has 0 unspecified atom stereocenters. The van der Waals surface area contributed by atoms with E-state index in [1.807, 2.05) is 4.57 Å². The molecule has 0 saturated heterocycles. The lowest BCUT2D eigenvalue weighted by molar-refractivity contribution is 0.101. The van der Waals surface area contributed by atoms with E-state index in [9.17, 15) is 9.18 Å². The first-order chi connectivity index (χ1) is 12.0. The molecule has 0 spiro atoms. The van der Waals surface area contributed by atoms with Crippen molar-refractivity contribution in [3.05, 3.63) is 70.5 Å². The van der Waals surface area contributed by atoms with Gasteiger partial charge in [-0.05, 0) is 37.3 Å². The average molecular weight is 358 g/mol. The van der Waals surface area contributed by atoms with Gasteiger partial charge in [0.2, 0.25) is 0 Å². The third kappa shape index (κ3) is 2.74. The van der Waals surface area contributed by atoms with Gasteiger partial charge in [-0.1, -0.05) is 17.7 Å². The van der Waals surface area contributed by atoms with Crippen molar-refractivity contribution >= 4 is 23.2 Å². The van der Waals surface area contributed by atoms with Crippen LogP contribution in [0.2, 0.25) is 5.02 Å². The first-order valence-corrected chi connectivity index (χ1v) is 7.98. The molecule has 7 heteroatoms. The zero-order chi connectivity index (χ0) is 17.6. The van der Waals surface area contributed by atoms with Crippen LogP contribution >= 0.6 is 11.6 Å². The number of rotatable bonds is 2. The number of hydrogen-bond acceptors (Lipinski definition) is 3. The summed E-state index contributed by atoms with van der Waals surface area (Å²) in [5, 5.41) is 3.31. The van der Waals surface area contributed by atoms with Crippen molar-refractivity contribution in [1.82, 2.24) is 9.55 Å². The summed E-state index contributed by atoms with van der Waals surface area (Å²) in [7, 11) is 0. The van der Waals surface area contributed by atoms with Crippen LogP contribution in [0, 0.1) is 12.7 Å². The first-order valence-electron chi connectivity index (χ1n) is 7.61. The van der Waals surface area contributed by atoms with Crippen molar-refractivity contribution in [1.29, 1.82) is 0 Å². The number of nitrogens with zero attached hydrogens (tertiary/aromatic N) is 2. The number of hydrogen-bond donors (Lipinski definition) is 1. The van der Waals surface area contributed by atoms with Gasteiger partial charge >= 0.3 is 0 Å². The lowest BCUT2D eigenvalue weighted by Gasteiger charge is -2.21. The quantitative estimate of drug-likeness (QED) is 0.750. The topological polar surface area (TPSA) is 56.2 Å². The number of carbonyl (C=O) groups is 1. The molecule has 126 valence electrons. The maximum atomic E-state index is 13.4. The van der Waals surface area contributed by atoms with Gasteiger partial charge in [0.15, 0.2) is 5.69 Å². The molecule has 2 heterocycles. The summed E-state index contributed by atoms with van der Waals surface area (Å²) in [5.41, 5.74) is 2.13. The molecule has 0 aliphatic carbocycles. The van der Waals surface area contributed by atoms with Crippen LogP contribution in [0.25, 0.3) is 5.69 Å². The Balaban J connectivity index is 1.73. The molecular formula is C18H13ClFN3O2. The van der Waals surface area contributed by atoms with Gasteiger partial charge in [0, 0.05) is 16.8 Å². The largest absolute Gasteiger partial charge is 0.485 e. The molecule has 0 saturated carbocycles. The molecule has 0 bridgehead atoms. The maximum Gasteiger partial charge on any atom is 0.276 e. The number of halogens is 2. The minimum absolute atomic E-state index is 0.135. The van der Waals surface area contributed by atoms with Gasteiger partial charge in [-0.3, -0.25) is 9.36 Å². The molecule has 2 aromatic carbocycles. The van der Waals surface area contributed by atoms with E-state index in [2.05, 4.69) is 10.3 Å². The molecule has 1 aromatic heterocycles. The second kappa shape index (κ2) is 5.89. The lowest BCUT2D eigenvalue weighted by atomic mass is 10.2. The molecule has 1 amide bonds. The summed E-state index contributed by atoms with van der Waals surface area (Å²) in [4.78, 5) is 17.0. The van der Waals surface area contributed by atoms with E-state index in [0.29, 0.717) is 33.7 Å². The van der Waals surface area contributed by atoms with Crippen LogP contribution in [0.15, 0.2) is 42.5 Å². The van der Waals surface area contributed by atoms with E-state index >= 15 is 0 Å². The van der Waals surface area contributed by atoms with Crippen molar-refractivity contribution in [2.75, 3.05) is 5.32 Å². The highest BCUT2D eigenvalue weighted by Gasteiger charge is 2.27. The van der Waals surface area contributed by atoms with Crippen molar-refractivity contribution in [3.63, 3.8) is 0 Å². The summed E-state index contributed by atoms with van der Waals surface area (Å²) < 4.78 is 20.8. The lowest BCUT2D eigenvalue weighted by Crippen LogP contribution is -2.19. The fourth-order valence-corrected chi connectivity index (χ4v) is 3.09. The smallest absolute Gasteiger partial charge is 0.276 e. The van der Waals surface area contributed by atoms with E-state index in [1.165, 1.54) is 12.1 Å². The molecule has 3 aromatic rings.